The molecule has 190 valence electrons. The van der Waals surface area contributed by atoms with E-state index in [0.29, 0.717) is 22.5 Å². The lowest BCUT2D eigenvalue weighted by Crippen LogP contribution is -2.28. The van der Waals surface area contributed by atoms with Crippen LogP contribution in [0.1, 0.15) is 57.4 Å². The van der Waals surface area contributed by atoms with E-state index < -0.39 is 10.0 Å². The van der Waals surface area contributed by atoms with Crippen molar-refractivity contribution in [1.29, 1.82) is 0 Å². The van der Waals surface area contributed by atoms with Crippen LogP contribution in [0.2, 0.25) is 0 Å². The van der Waals surface area contributed by atoms with E-state index in [1.807, 2.05) is 47.8 Å². The number of sulfonamides is 1. The highest BCUT2D eigenvalue weighted by atomic mass is 32.2. The number of benzene rings is 2. The molecule has 0 amide bonds. The van der Waals surface area contributed by atoms with Crippen molar-refractivity contribution in [1.82, 2.24) is 5.32 Å². The molecule has 0 bridgehead atoms. The van der Waals surface area contributed by atoms with Gasteiger partial charge in [-0.25, -0.2) is 8.42 Å². The fourth-order valence-electron chi connectivity index (χ4n) is 5.23. The molecule has 4 aromatic rings. The van der Waals surface area contributed by atoms with Gasteiger partial charge in [0.05, 0.1) is 5.69 Å². The average molecular weight is 539 g/mol. The van der Waals surface area contributed by atoms with Crippen LogP contribution in [0, 0.1) is 5.92 Å². The summed E-state index contributed by atoms with van der Waals surface area (Å²) < 4.78 is 31.5. The zero-order valence-electron chi connectivity index (χ0n) is 20.7. The van der Waals surface area contributed by atoms with Crippen LogP contribution in [0.25, 0.3) is 20.5 Å². The largest absolute Gasteiger partial charge is 0.310 e. The Morgan fingerprint density at radius 3 is 2.53 bits per heavy atom. The van der Waals surface area contributed by atoms with Crippen LogP contribution < -0.4 is 10.0 Å². The van der Waals surface area contributed by atoms with Gasteiger partial charge in [0.15, 0.2) is 0 Å². The predicted molar refractivity (Wildman–Crippen MR) is 154 cm³/mol. The van der Waals surface area contributed by atoms with Gasteiger partial charge in [0, 0.05) is 27.7 Å². The van der Waals surface area contributed by atoms with Gasteiger partial charge in [-0.3, -0.25) is 4.72 Å². The molecule has 2 aromatic carbocycles. The lowest BCUT2D eigenvalue weighted by atomic mass is 9.93. The van der Waals surface area contributed by atoms with Gasteiger partial charge >= 0.3 is 0 Å². The van der Waals surface area contributed by atoms with Gasteiger partial charge in [-0.05, 0) is 59.9 Å². The second kappa shape index (κ2) is 11.5. The first-order valence-corrected chi connectivity index (χ1v) is 16.1. The fraction of sp³-hybridized carbons (Fsp3) is 0.379. The minimum atomic E-state index is -3.73. The zero-order valence-corrected chi connectivity index (χ0v) is 23.2. The van der Waals surface area contributed by atoms with Gasteiger partial charge in [0.2, 0.25) is 0 Å². The van der Waals surface area contributed by atoms with Crippen LogP contribution >= 0.6 is 22.7 Å². The summed E-state index contributed by atoms with van der Waals surface area (Å²) in [5, 5.41) is 6.64. The molecule has 2 heterocycles. The molecule has 4 nitrogen and oxygen atoms in total. The summed E-state index contributed by atoms with van der Waals surface area (Å²) in [6.45, 7) is 2.89. The number of rotatable bonds is 9. The molecular weight excluding hydrogens is 505 g/mol. The molecule has 7 heteroatoms. The molecule has 1 aliphatic carbocycles. The quantitative estimate of drug-likeness (QED) is 0.211. The Labute approximate surface area is 222 Å². The summed E-state index contributed by atoms with van der Waals surface area (Å²) in [5.74, 6) is 0.801. The van der Waals surface area contributed by atoms with E-state index in [1.165, 1.54) is 56.3 Å². The Hall–Kier alpha value is -2.19. The Morgan fingerprint density at radius 1 is 0.972 bits per heavy atom. The smallest absolute Gasteiger partial charge is 0.272 e. The van der Waals surface area contributed by atoms with Gasteiger partial charge in [-0.15, -0.1) is 22.7 Å². The maximum Gasteiger partial charge on any atom is 0.272 e. The van der Waals surface area contributed by atoms with E-state index in [4.69, 9.17) is 0 Å². The SMILES string of the molecule is C[C@@H](CC1CCCCCC1)NCc1ccccc1NS(=O)(=O)c1sccc1-c1cc2ccccc2s1. The summed E-state index contributed by atoms with van der Waals surface area (Å²) in [6, 6.07) is 20.3. The molecule has 1 saturated carbocycles. The molecule has 2 aromatic heterocycles. The summed E-state index contributed by atoms with van der Waals surface area (Å²) in [5.41, 5.74) is 2.37. The van der Waals surface area contributed by atoms with Crippen LogP contribution in [-0.4, -0.2) is 14.5 Å². The summed E-state index contributed by atoms with van der Waals surface area (Å²) in [4.78, 5) is 0.972. The second-order valence-corrected chi connectivity index (χ2v) is 13.8. The van der Waals surface area contributed by atoms with E-state index >= 15 is 0 Å². The van der Waals surface area contributed by atoms with Crippen LogP contribution in [0.4, 0.5) is 5.69 Å². The molecule has 5 rings (SSSR count). The number of fused-ring (bicyclic) bond motifs is 1. The highest BCUT2D eigenvalue weighted by Crippen LogP contribution is 2.40. The Morgan fingerprint density at radius 2 is 1.72 bits per heavy atom. The lowest BCUT2D eigenvalue weighted by molar-refractivity contribution is 0.363. The minimum Gasteiger partial charge on any atom is -0.310 e. The Balaban J connectivity index is 1.30. The van der Waals surface area contributed by atoms with Crippen LogP contribution in [0.5, 0.6) is 0 Å². The van der Waals surface area contributed by atoms with Crippen molar-refractivity contribution in [2.24, 2.45) is 5.92 Å². The van der Waals surface area contributed by atoms with E-state index in [9.17, 15) is 8.42 Å². The van der Waals surface area contributed by atoms with Crippen molar-refractivity contribution in [3.05, 3.63) is 71.6 Å². The number of hydrogen-bond donors (Lipinski definition) is 2. The molecule has 0 aliphatic heterocycles. The molecule has 0 saturated heterocycles. The lowest BCUT2D eigenvalue weighted by Gasteiger charge is -2.21. The molecule has 0 spiro atoms. The number of anilines is 1. The first kappa shape index (κ1) is 25.5. The molecule has 1 fully saturated rings. The Bertz CT molecular complexity index is 1370. The maximum absolute atomic E-state index is 13.5. The van der Waals surface area contributed by atoms with Gasteiger partial charge < -0.3 is 5.32 Å². The fourth-order valence-corrected chi connectivity index (χ4v) is 8.94. The topological polar surface area (TPSA) is 58.2 Å². The van der Waals surface area contributed by atoms with Crippen molar-refractivity contribution in [2.75, 3.05) is 4.72 Å². The number of thiophene rings is 2. The van der Waals surface area contributed by atoms with Gasteiger partial charge in [0.25, 0.3) is 10.0 Å². The maximum atomic E-state index is 13.5. The monoisotopic (exact) mass is 538 g/mol. The first-order chi connectivity index (χ1) is 17.5. The third kappa shape index (κ3) is 6.02. The summed E-state index contributed by atoms with van der Waals surface area (Å²) >= 11 is 2.89. The van der Waals surface area contributed by atoms with E-state index in [-0.39, 0.29) is 0 Å². The summed E-state index contributed by atoms with van der Waals surface area (Å²) in [7, 11) is -3.73. The van der Waals surface area contributed by atoms with Crippen molar-refractivity contribution in [3.8, 4) is 10.4 Å². The first-order valence-electron chi connectivity index (χ1n) is 12.9. The second-order valence-electron chi connectivity index (χ2n) is 9.91. The molecule has 0 unspecified atom stereocenters. The molecule has 36 heavy (non-hydrogen) atoms. The minimum absolute atomic E-state index is 0.360. The molecule has 0 radical (unpaired) electrons. The van der Waals surface area contributed by atoms with E-state index in [0.717, 1.165) is 32.0 Å². The van der Waals surface area contributed by atoms with E-state index in [1.54, 1.807) is 11.3 Å². The average Bonchev–Trinajstić information content (AvgIpc) is 3.46. The highest BCUT2D eigenvalue weighted by molar-refractivity contribution is 7.94. The van der Waals surface area contributed by atoms with Crippen molar-refractivity contribution in [2.45, 2.75) is 68.7 Å². The van der Waals surface area contributed by atoms with Crippen LogP contribution in [0.3, 0.4) is 0 Å². The zero-order chi connectivity index (χ0) is 25.0. The van der Waals surface area contributed by atoms with Gasteiger partial charge in [-0.1, -0.05) is 74.9 Å². The van der Waals surface area contributed by atoms with Crippen molar-refractivity contribution >= 4 is 48.5 Å². The normalized spacial score (nSPS) is 16.1. The summed E-state index contributed by atoms with van der Waals surface area (Å²) in [6.07, 6.45) is 9.32. The van der Waals surface area contributed by atoms with Crippen molar-refractivity contribution in [3.63, 3.8) is 0 Å². The number of hydrogen-bond acceptors (Lipinski definition) is 5. The third-order valence-corrected chi connectivity index (χ3v) is 11.1. The van der Waals surface area contributed by atoms with E-state index in [2.05, 4.69) is 35.2 Å². The molecule has 2 N–H and O–H groups in total. The Kier molecular flexibility index (Phi) is 8.11. The number of nitrogens with one attached hydrogen (secondary N) is 2. The van der Waals surface area contributed by atoms with Crippen molar-refractivity contribution < 1.29 is 8.42 Å². The molecule has 1 aliphatic rings. The van der Waals surface area contributed by atoms with Gasteiger partial charge in [-0.2, -0.15) is 0 Å². The van der Waals surface area contributed by atoms with Crippen LogP contribution in [0.15, 0.2) is 70.3 Å². The van der Waals surface area contributed by atoms with Gasteiger partial charge in [0.1, 0.15) is 4.21 Å². The predicted octanol–water partition coefficient (Wildman–Crippen LogP) is 8.27. The molecule has 1 atom stereocenters. The highest BCUT2D eigenvalue weighted by Gasteiger charge is 2.24. The number of para-hydroxylation sites is 1. The van der Waals surface area contributed by atoms with Crippen LogP contribution in [-0.2, 0) is 16.6 Å². The molecular formula is C29H34N2O2S3. The standard InChI is InChI=1S/C29H34N2O2S3/c1-21(18-22-10-4-2-3-5-11-22)30-20-24-13-6-8-14-26(24)31-36(32,33)29-25(16-17-34-29)28-19-23-12-7-9-15-27(23)35-28/h6-9,12-17,19,21-22,30-31H,2-5,10-11,18,20H2,1H3/t21-/m0/s1. The third-order valence-electron chi connectivity index (χ3n) is 7.13.